The molecule has 5 nitrogen and oxygen atoms in total. The summed E-state index contributed by atoms with van der Waals surface area (Å²) in [6, 6.07) is 4.90. The van der Waals surface area contributed by atoms with Gasteiger partial charge < -0.3 is 10.1 Å². The third-order valence-corrected chi connectivity index (χ3v) is 3.06. The number of methoxy groups -OCH3 is 1. The van der Waals surface area contributed by atoms with Gasteiger partial charge in [0.05, 0.1) is 30.4 Å². The van der Waals surface area contributed by atoms with E-state index < -0.39 is 0 Å². The van der Waals surface area contributed by atoms with Crippen molar-refractivity contribution in [2.45, 2.75) is 6.54 Å². The van der Waals surface area contributed by atoms with Crippen LogP contribution in [0.1, 0.15) is 10.4 Å². The number of aromatic nitrogens is 2. The van der Waals surface area contributed by atoms with Crippen LogP contribution in [0.15, 0.2) is 30.6 Å². The molecule has 0 atom stereocenters. The number of nitrogens with zero attached hydrogens (tertiary/aromatic N) is 2. The molecule has 0 aliphatic heterocycles. The van der Waals surface area contributed by atoms with Gasteiger partial charge in [-0.15, -0.1) is 0 Å². The van der Waals surface area contributed by atoms with Crippen LogP contribution < -0.4 is 10.1 Å². The lowest BCUT2D eigenvalue weighted by Gasteiger charge is -2.09. The number of halogens is 2. The molecule has 20 heavy (non-hydrogen) atoms. The van der Waals surface area contributed by atoms with Gasteiger partial charge in [0.2, 0.25) is 0 Å². The van der Waals surface area contributed by atoms with E-state index in [4.69, 9.17) is 27.9 Å². The van der Waals surface area contributed by atoms with Gasteiger partial charge in [-0.3, -0.25) is 9.48 Å². The lowest BCUT2D eigenvalue weighted by molar-refractivity contribution is 0.0949. The minimum atomic E-state index is -0.248. The Morgan fingerprint density at radius 3 is 2.85 bits per heavy atom. The molecule has 0 aliphatic carbocycles. The summed E-state index contributed by atoms with van der Waals surface area (Å²) in [6.45, 7) is 0.952. The summed E-state index contributed by atoms with van der Waals surface area (Å²) < 4.78 is 6.79. The van der Waals surface area contributed by atoms with Crippen molar-refractivity contribution in [3.63, 3.8) is 0 Å². The van der Waals surface area contributed by atoms with Crippen LogP contribution in [0.2, 0.25) is 10.0 Å². The van der Waals surface area contributed by atoms with E-state index in [1.807, 2.05) is 0 Å². The molecule has 106 valence electrons. The molecule has 0 bridgehead atoms. The van der Waals surface area contributed by atoms with Crippen LogP contribution in [0, 0.1) is 0 Å². The fraction of sp³-hybridized carbons (Fsp3) is 0.231. The van der Waals surface area contributed by atoms with Gasteiger partial charge >= 0.3 is 0 Å². The Morgan fingerprint density at radius 1 is 1.40 bits per heavy atom. The van der Waals surface area contributed by atoms with E-state index in [2.05, 4.69) is 10.4 Å². The number of nitrogens with one attached hydrogen (secondary N) is 1. The first kappa shape index (κ1) is 14.7. The summed E-state index contributed by atoms with van der Waals surface area (Å²) in [4.78, 5) is 12.1. The number of ether oxygens (including phenoxy) is 1. The highest BCUT2D eigenvalue weighted by Crippen LogP contribution is 2.22. The Bertz CT molecular complexity index is 613. The summed E-state index contributed by atoms with van der Waals surface area (Å²) in [5.41, 5.74) is 0.401. The largest absolute Gasteiger partial charge is 0.496 e. The van der Waals surface area contributed by atoms with Crippen LogP contribution in [0.5, 0.6) is 5.75 Å². The number of carbonyl (C=O) groups is 1. The Balaban J connectivity index is 1.96. The quantitative estimate of drug-likeness (QED) is 0.923. The van der Waals surface area contributed by atoms with Gasteiger partial charge in [0, 0.05) is 17.8 Å². The van der Waals surface area contributed by atoms with Gasteiger partial charge in [0.25, 0.3) is 5.91 Å². The standard InChI is InChI=1S/C13H13Cl2N3O2/c1-20-12-3-2-9(14)6-11(12)13(19)16-4-5-18-8-10(15)7-17-18/h2-3,6-8H,4-5H2,1H3,(H,16,19). The SMILES string of the molecule is COc1ccc(Cl)cc1C(=O)NCCn1cc(Cl)cn1. The zero-order chi connectivity index (χ0) is 14.5. The van der Waals surface area contributed by atoms with Gasteiger partial charge in [-0.2, -0.15) is 5.10 Å². The van der Waals surface area contributed by atoms with Crippen molar-refractivity contribution in [2.75, 3.05) is 13.7 Å². The number of amides is 1. The van der Waals surface area contributed by atoms with E-state index in [0.29, 0.717) is 34.4 Å². The number of rotatable bonds is 5. The van der Waals surface area contributed by atoms with Gasteiger partial charge in [0.1, 0.15) is 5.75 Å². The topological polar surface area (TPSA) is 56.1 Å². The lowest BCUT2D eigenvalue weighted by Crippen LogP contribution is -2.27. The normalized spacial score (nSPS) is 10.3. The molecular weight excluding hydrogens is 301 g/mol. The second-order valence-corrected chi connectivity index (χ2v) is 4.90. The highest BCUT2D eigenvalue weighted by molar-refractivity contribution is 6.31. The molecule has 2 rings (SSSR count). The minimum Gasteiger partial charge on any atom is -0.496 e. The van der Waals surface area contributed by atoms with Crippen molar-refractivity contribution in [3.05, 3.63) is 46.2 Å². The Kier molecular flexibility index (Phi) is 4.87. The first-order chi connectivity index (χ1) is 9.60. The van der Waals surface area contributed by atoms with E-state index in [1.54, 1.807) is 35.3 Å². The number of benzene rings is 1. The van der Waals surface area contributed by atoms with Gasteiger partial charge in [-0.1, -0.05) is 23.2 Å². The smallest absolute Gasteiger partial charge is 0.255 e. The Labute approximate surface area is 126 Å². The average molecular weight is 314 g/mol. The second kappa shape index (κ2) is 6.63. The van der Waals surface area contributed by atoms with Crippen LogP contribution in [0.4, 0.5) is 0 Å². The molecule has 1 aromatic heterocycles. The molecule has 1 N–H and O–H groups in total. The van der Waals surface area contributed by atoms with Gasteiger partial charge in [-0.05, 0) is 18.2 Å². The molecule has 0 radical (unpaired) electrons. The van der Waals surface area contributed by atoms with Crippen LogP contribution in [-0.4, -0.2) is 29.3 Å². The van der Waals surface area contributed by atoms with Crippen molar-refractivity contribution < 1.29 is 9.53 Å². The Morgan fingerprint density at radius 2 is 2.20 bits per heavy atom. The maximum atomic E-state index is 12.1. The third-order valence-electron chi connectivity index (χ3n) is 2.63. The number of hydrogen-bond acceptors (Lipinski definition) is 3. The molecule has 0 fully saturated rings. The molecule has 0 saturated heterocycles. The fourth-order valence-electron chi connectivity index (χ4n) is 1.70. The van der Waals surface area contributed by atoms with E-state index >= 15 is 0 Å². The predicted octanol–water partition coefficient (Wildman–Crippen LogP) is 2.63. The molecule has 7 heteroatoms. The van der Waals surface area contributed by atoms with Crippen LogP contribution in [0.3, 0.4) is 0 Å². The minimum absolute atomic E-state index is 0.248. The van der Waals surface area contributed by atoms with Crippen LogP contribution in [0.25, 0.3) is 0 Å². The second-order valence-electron chi connectivity index (χ2n) is 4.02. The summed E-state index contributed by atoms with van der Waals surface area (Å²) in [6.07, 6.45) is 3.23. The highest BCUT2D eigenvalue weighted by Gasteiger charge is 2.12. The molecule has 0 saturated carbocycles. The summed E-state index contributed by atoms with van der Waals surface area (Å²) in [7, 11) is 1.51. The molecule has 2 aromatic rings. The van der Waals surface area contributed by atoms with E-state index in [0.717, 1.165) is 0 Å². The highest BCUT2D eigenvalue weighted by atomic mass is 35.5. The van der Waals surface area contributed by atoms with Crippen molar-refractivity contribution >= 4 is 29.1 Å². The zero-order valence-corrected chi connectivity index (χ0v) is 12.3. The van der Waals surface area contributed by atoms with Crippen molar-refractivity contribution in [2.24, 2.45) is 0 Å². The van der Waals surface area contributed by atoms with E-state index in [1.165, 1.54) is 7.11 Å². The van der Waals surface area contributed by atoms with Gasteiger partial charge in [-0.25, -0.2) is 0 Å². The monoisotopic (exact) mass is 313 g/mol. The number of hydrogen-bond donors (Lipinski definition) is 1. The maximum absolute atomic E-state index is 12.1. The molecule has 1 aromatic carbocycles. The molecule has 1 heterocycles. The predicted molar refractivity (Wildman–Crippen MR) is 77.6 cm³/mol. The van der Waals surface area contributed by atoms with Gasteiger partial charge in [0.15, 0.2) is 0 Å². The van der Waals surface area contributed by atoms with Crippen molar-refractivity contribution in [3.8, 4) is 5.75 Å². The average Bonchev–Trinajstić information content (AvgIpc) is 2.84. The molecule has 0 unspecified atom stereocenters. The molecule has 0 spiro atoms. The summed E-state index contributed by atoms with van der Waals surface area (Å²) >= 11 is 11.6. The van der Waals surface area contributed by atoms with Crippen LogP contribution in [-0.2, 0) is 6.54 Å². The maximum Gasteiger partial charge on any atom is 0.255 e. The zero-order valence-electron chi connectivity index (χ0n) is 10.8. The molecule has 1 amide bonds. The van der Waals surface area contributed by atoms with E-state index in [-0.39, 0.29) is 5.91 Å². The molecule has 0 aliphatic rings. The van der Waals surface area contributed by atoms with Crippen molar-refractivity contribution in [1.82, 2.24) is 15.1 Å². The Hall–Kier alpha value is -1.72. The first-order valence-electron chi connectivity index (χ1n) is 5.90. The lowest BCUT2D eigenvalue weighted by atomic mass is 10.2. The number of carbonyl (C=O) groups excluding carboxylic acids is 1. The molecular formula is C13H13Cl2N3O2. The van der Waals surface area contributed by atoms with Crippen molar-refractivity contribution in [1.29, 1.82) is 0 Å². The van der Waals surface area contributed by atoms with E-state index in [9.17, 15) is 4.79 Å². The van der Waals surface area contributed by atoms with Crippen LogP contribution >= 0.6 is 23.2 Å². The fourth-order valence-corrected chi connectivity index (χ4v) is 2.03. The summed E-state index contributed by atoms with van der Waals surface area (Å²) in [5.74, 6) is 0.233. The third kappa shape index (κ3) is 3.65. The first-order valence-corrected chi connectivity index (χ1v) is 6.65. The summed E-state index contributed by atoms with van der Waals surface area (Å²) in [5, 5.41) is 7.84.